The summed E-state index contributed by atoms with van der Waals surface area (Å²) in [5, 5.41) is 1.88. The molecule has 1 saturated heterocycles. The van der Waals surface area contributed by atoms with Crippen LogP contribution in [-0.4, -0.2) is 47.3 Å². The number of ether oxygens (including phenoxy) is 1. The highest BCUT2D eigenvalue weighted by molar-refractivity contribution is 5.81. The Bertz CT molecular complexity index is 459. The molecule has 0 aromatic rings. The van der Waals surface area contributed by atoms with Crippen LogP contribution >= 0.6 is 0 Å². The maximum Gasteiger partial charge on any atom is 0.471 e. The number of hydrogen-bond donors (Lipinski definition) is 1. The summed E-state index contributed by atoms with van der Waals surface area (Å²) in [4.78, 5) is 24.7. The van der Waals surface area contributed by atoms with Gasteiger partial charge in [-0.15, -0.1) is 0 Å². The van der Waals surface area contributed by atoms with Crippen molar-refractivity contribution in [3.63, 3.8) is 0 Å². The number of nitrogens with one attached hydrogen (secondary N) is 1. The van der Waals surface area contributed by atoms with E-state index in [1.165, 1.54) is 4.90 Å². The Morgan fingerprint density at radius 2 is 1.86 bits per heavy atom. The monoisotopic (exact) mass is 322 g/mol. The van der Waals surface area contributed by atoms with Gasteiger partial charge in [0.25, 0.3) is 0 Å². The Balaban J connectivity index is 2.02. The molecule has 0 unspecified atom stereocenters. The quantitative estimate of drug-likeness (QED) is 0.849. The highest BCUT2D eigenvalue weighted by atomic mass is 19.4. The smallest absolute Gasteiger partial charge is 0.444 e. The van der Waals surface area contributed by atoms with Crippen molar-refractivity contribution in [3.8, 4) is 0 Å². The molecule has 0 spiro atoms. The molecule has 1 aliphatic heterocycles. The SMILES string of the molecule is CC(C)(C)OC(=O)N1[C@@H]2CC[C@@H](C2)[C@H]1CNC(=O)C(F)(F)F. The molecule has 1 heterocycles. The lowest BCUT2D eigenvalue weighted by Crippen LogP contribution is -2.52. The summed E-state index contributed by atoms with van der Waals surface area (Å²) in [6, 6.07) is -0.437. The number of carbonyl (C=O) groups excluding carboxylic acids is 2. The van der Waals surface area contributed by atoms with E-state index < -0.39 is 29.8 Å². The molecule has 0 radical (unpaired) electrons. The molecule has 22 heavy (non-hydrogen) atoms. The summed E-state index contributed by atoms with van der Waals surface area (Å²) in [6.45, 7) is 5.01. The predicted molar refractivity (Wildman–Crippen MR) is 72.1 cm³/mol. The van der Waals surface area contributed by atoms with Crippen LogP contribution in [0.1, 0.15) is 40.0 Å². The van der Waals surface area contributed by atoms with Crippen molar-refractivity contribution in [1.29, 1.82) is 0 Å². The van der Waals surface area contributed by atoms with Gasteiger partial charge in [0, 0.05) is 12.6 Å². The van der Waals surface area contributed by atoms with Crippen LogP contribution in [0.15, 0.2) is 0 Å². The first-order valence-corrected chi connectivity index (χ1v) is 7.35. The van der Waals surface area contributed by atoms with Crippen LogP contribution in [0.4, 0.5) is 18.0 Å². The summed E-state index contributed by atoms with van der Waals surface area (Å²) in [6.07, 6.45) is -2.99. The third-order valence-electron chi connectivity index (χ3n) is 4.07. The maximum absolute atomic E-state index is 12.3. The van der Waals surface area contributed by atoms with Crippen LogP contribution in [0, 0.1) is 5.92 Å². The minimum absolute atomic E-state index is 0.00682. The van der Waals surface area contributed by atoms with Crippen molar-refractivity contribution in [2.45, 2.75) is 63.9 Å². The van der Waals surface area contributed by atoms with Crippen molar-refractivity contribution in [1.82, 2.24) is 10.2 Å². The number of nitrogens with zero attached hydrogens (tertiary/aromatic N) is 1. The van der Waals surface area contributed by atoms with E-state index in [1.54, 1.807) is 20.8 Å². The fourth-order valence-corrected chi connectivity index (χ4v) is 3.25. The first kappa shape index (κ1) is 16.9. The van der Waals surface area contributed by atoms with E-state index >= 15 is 0 Å². The topological polar surface area (TPSA) is 58.6 Å². The molecular formula is C14H21F3N2O3. The van der Waals surface area contributed by atoms with E-state index in [2.05, 4.69) is 0 Å². The molecule has 2 amide bonds. The van der Waals surface area contributed by atoms with Gasteiger partial charge in [0.1, 0.15) is 5.60 Å². The Hall–Kier alpha value is -1.47. The van der Waals surface area contributed by atoms with Gasteiger partial charge in [-0.1, -0.05) is 0 Å². The lowest BCUT2D eigenvalue weighted by atomic mass is 9.99. The molecule has 2 rings (SSSR count). The van der Waals surface area contributed by atoms with Crippen molar-refractivity contribution in [3.05, 3.63) is 0 Å². The first-order valence-electron chi connectivity index (χ1n) is 7.35. The standard InChI is InChI=1S/C14H21F3N2O3/c1-13(2,3)22-12(21)19-9-5-4-8(6-9)10(19)7-18-11(20)14(15,16)17/h8-10H,4-7H2,1-3H3,(H,18,20)/t8-,9+,10+/m0/s1. The van der Waals surface area contributed by atoms with Gasteiger partial charge in [0.2, 0.25) is 0 Å². The Labute approximate surface area is 127 Å². The molecule has 1 saturated carbocycles. The van der Waals surface area contributed by atoms with Gasteiger partial charge in [0.05, 0.1) is 6.04 Å². The molecule has 2 aliphatic rings. The van der Waals surface area contributed by atoms with Crippen molar-refractivity contribution in [2.24, 2.45) is 5.92 Å². The number of fused-ring (bicyclic) bond motifs is 2. The van der Waals surface area contributed by atoms with Crippen molar-refractivity contribution >= 4 is 12.0 Å². The second-order valence-corrected chi connectivity index (χ2v) is 6.89. The minimum atomic E-state index is -4.91. The molecule has 2 bridgehead atoms. The van der Waals surface area contributed by atoms with Crippen molar-refractivity contribution < 1.29 is 27.5 Å². The summed E-state index contributed by atoms with van der Waals surface area (Å²) in [5.74, 6) is -1.86. The normalized spacial score (nSPS) is 27.9. The molecule has 0 aromatic carbocycles. The lowest BCUT2D eigenvalue weighted by Gasteiger charge is -2.36. The number of carbonyl (C=O) groups is 2. The van der Waals surface area contributed by atoms with E-state index in [-0.39, 0.29) is 18.5 Å². The van der Waals surface area contributed by atoms with Crippen LogP contribution in [0.2, 0.25) is 0 Å². The predicted octanol–water partition coefficient (Wildman–Crippen LogP) is 2.45. The molecular weight excluding hydrogens is 301 g/mol. The van der Waals surface area contributed by atoms with Gasteiger partial charge in [-0.25, -0.2) is 4.79 Å². The molecule has 0 aromatic heterocycles. The zero-order chi connectivity index (χ0) is 16.7. The Morgan fingerprint density at radius 3 is 2.41 bits per heavy atom. The Morgan fingerprint density at radius 1 is 1.23 bits per heavy atom. The van der Waals surface area contributed by atoms with E-state index in [1.807, 2.05) is 5.32 Å². The van der Waals surface area contributed by atoms with Gasteiger partial charge in [-0.2, -0.15) is 13.2 Å². The van der Waals surface area contributed by atoms with E-state index in [0.29, 0.717) is 0 Å². The summed E-state index contributed by atoms with van der Waals surface area (Å²) < 4.78 is 42.1. The Kier molecular flexibility index (Phi) is 4.32. The summed E-state index contributed by atoms with van der Waals surface area (Å²) in [5.41, 5.74) is -0.668. The summed E-state index contributed by atoms with van der Waals surface area (Å²) in [7, 11) is 0. The fraction of sp³-hybridized carbons (Fsp3) is 0.857. The average molecular weight is 322 g/mol. The number of amides is 2. The number of likely N-dealkylation sites (tertiary alicyclic amines) is 1. The minimum Gasteiger partial charge on any atom is -0.444 e. The van der Waals surface area contributed by atoms with Gasteiger partial charge >= 0.3 is 18.2 Å². The highest BCUT2D eigenvalue weighted by Gasteiger charge is 2.50. The van der Waals surface area contributed by atoms with Crippen molar-refractivity contribution in [2.75, 3.05) is 6.54 Å². The fourth-order valence-electron chi connectivity index (χ4n) is 3.25. The highest BCUT2D eigenvalue weighted by Crippen LogP contribution is 2.42. The maximum atomic E-state index is 12.3. The molecule has 126 valence electrons. The van der Waals surface area contributed by atoms with Crippen LogP contribution in [0.5, 0.6) is 0 Å². The molecule has 3 atom stereocenters. The molecule has 8 heteroatoms. The number of rotatable bonds is 2. The van der Waals surface area contributed by atoms with Gasteiger partial charge < -0.3 is 15.0 Å². The number of piperidine rings is 1. The molecule has 2 fully saturated rings. The first-order chi connectivity index (χ1) is 9.99. The van der Waals surface area contributed by atoms with E-state index in [9.17, 15) is 22.8 Å². The third-order valence-corrected chi connectivity index (χ3v) is 4.07. The van der Waals surface area contributed by atoms with E-state index in [0.717, 1.165) is 19.3 Å². The molecule has 1 aliphatic carbocycles. The number of halogens is 3. The van der Waals surface area contributed by atoms with Crippen LogP contribution < -0.4 is 5.32 Å². The average Bonchev–Trinajstić information content (AvgIpc) is 2.92. The zero-order valence-corrected chi connectivity index (χ0v) is 12.9. The lowest BCUT2D eigenvalue weighted by molar-refractivity contribution is -0.173. The van der Waals surface area contributed by atoms with Crippen LogP contribution in [-0.2, 0) is 9.53 Å². The number of hydrogen-bond acceptors (Lipinski definition) is 3. The van der Waals surface area contributed by atoms with Gasteiger partial charge in [0.15, 0.2) is 0 Å². The largest absolute Gasteiger partial charge is 0.471 e. The second-order valence-electron chi connectivity index (χ2n) is 6.89. The van der Waals surface area contributed by atoms with Gasteiger partial charge in [-0.05, 0) is 46.0 Å². The number of alkyl halides is 3. The van der Waals surface area contributed by atoms with E-state index in [4.69, 9.17) is 4.74 Å². The van der Waals surface area contributed by atoms with Crippen LogP contribution in [0.3, 0.4) is 0 Å². The zero-order valence-electron chi connectivity index (χ0n) is 12.9. The molecule has 5 nitrogen and oxygen atoms in total. The molecule has 1 N–H and O–H groups in total. The van der Waals surface area contributed by atoms with Gasteiger partial charge in [-0.3, -0.25) is 4.79 Å². The summed E-state index contributed by atoms with van der Waals surface area (Å²) >= 11 is 0. The third kappa shape index (κ3) is 3.64. The van der Waals surface area contributed by atoms with Crippen LogP contribution in [0.25, 0.3) is 0 Å². The second kappa shape index (κ2) is 5.62.